The summed E-state index contributed by atoms with van der Waals surface area (Å²) in [6, 6.07) is 5.18. The van der Waals surface area contributed by atoms with Gasteiger partial charge in [-0.15, -0.1) is 11.3 Å². The maximum atomic E-state index is 14.1. The lowest BCUT2D eigenvalue weighted by molar-refractivity contribution is 0.509. The van der Waals surface area contributed by atoms with E-state index in [4.69, 9.17) is 0 Å². The van der Waals surface area contributed by atoms with Crippen LogP contribution >= 0.6 is 27.3 Å². The number of hydrogen-bond donors (Lipinski definition) is 1. The van der Waals surface area contributed by atoms with Crippen LogP contribution < -0.4 is 5.32 Å². The molecule has 0 aliphatic carbocycles. The first-order valence-corrected chi connectivity index (χ1v) is 8.23. The number of likely N-dealkylation sites (N-methyl/N-ethyl adjacent to an activating group) is 1. The number of halogens is 2. The largest absolute Gasteiger partial charge is 0.310 e. The minimum atomic E-state index is -0.185. The fourth-order valence-corrected chi connectivity index (χ4v) is 3.44. The predicted molar refractivity (Wildman–Crippen MR) is 85.8 cm³/mol. The molecule has 1 heterocycles. The maximum absolute atomic E-state index is 14.1. The van der Waals surface area contributed by atoms with Gasteiger partial charge in [0.05, 0.1) is 10.7 Å². The Morgan fingerprint density at radius 2 is 2.15 bits per heavy atom. The zero-order valence-electron chi connectivity index (χ0n) is 11.8. The van der Waals surface area contributed by atoms with Gasteiger partial charge in [-0.1, -0.05) is 28.9 Å². The van der Waals surface area contributed by atoms with E-state index in [0.717, 1.165) is 21.7 Å². The molecule has 20 heavy (non-hydrogen) atoms. The van der Waals surface area contributed by atoms with Crippen molar-refractivity contribution in [1.29, 1.82) is 0 Å². The van der Waals surface area contributed by atoms with Crippen molar-refractivity contribution in [2.24, 2.45) is 0 Å². The Balaban J connectivity index is 2.26. The standard InChI is InChI=1S/C15H18BrFN2S/c1-4-18-14(8-15-19-9(2)10(3)20-15)12-6-5-11(16)7-13(12)17/h5-7,14,18H,4,8H2,1-3H3. The monoisotopic (exact) mass is 356 g/mol. The lowest BCUT2D eigenvalue weighted by Crippen LogP contribution is -2.24. The molecule has 0 fully saturated rings. The van der Waals surface area contributed by atoms with Crippen LogP contribution in [0.2, 0.25) is 0 Å². The van der Waals surface area contributed by atoms with E-state index in [2.05, 4.69) is 33.2 Å². The smallest absolute Gasteiger partial charge is 0.129 e. The van der Waals surface area contributed by atoms with Crippen LogP contribution in [-0.2, 0) is 6.42 Å². The Labute approximate surface area is 131 Å². The molecule has 0 saturated heterocycles. The highest BCUT2D eigenvalue weighted by Gasteiger charge is 2.18. The highest BCUT2D eigenvalue weighted by molar-refractivity contribution is 9.10. The summed E-state index contributed by atoms with van der Waals surface area (Å²) in [4.78, 5) is 5.78. The minimum Gasteiger partial charge on any atom is -0.310 e. The Kier molecular flexibility index (Phi) is 5.29. The minimum absolute atomic E-state index is 0.0435. The van der Waals surface area contributed by atoms with Crippen molar-refractivity contribution in [3.8, 4) is 0 Å². The van der Waals surface area contributed by atoms with Gasteiger partial charge in [0.15, 0.2) is 0 Å². The molecule has 1 unspecified atom stereocenters. The van der Waals surface area contributed by atoms with Gasteiger partial charge in [0, 0.05) is 27.4 Å². The lowest BCUT2D eigenvalue weighted by Gasteiger charge is -2.18. The molecule has 1 aromatic heterocycles. The summed E-state index contributed by atoms with van der Waals surface area (Å²) in [5.41, 5.74) is 1.76. The first kappa shape index (κ1) is 15.6. The summed E-state index contributed by atoms with van der Waals surface area (Å²) < 4.78 is 14.9. The van der Waals surface area contributed by atoms with Crippen molar-refractivity contribution in [3.63, 3.8) is 0 Å². The molecule has 0 radical (unpaired) electrons. The van der Waals surface area contributed by atoms with Gasteiger partial charge >= 0.3 is 0 Å². The normalized spacial score (nSPS) is 12.7. The SMILES string of the molecule is CCNC(Cc1nc(C)c(C)s1)c1ccc(Br)cc1F. The molecule has 108 valence electrons. The molecule has 2 nitrogen and oxygen atoms in total. The number of aromatic nitrogens is 1. The molecule has 0 spiro atoms. The number of benzene rings is 1. The van der Waals surface area contributed by atoms with E-state index in [9.17, 15) is 4.39 Å². The van der Waals surface area contributed by atoms with E-state index in [1.54, 1.807) is 11.3 Å². The first-order valence-electron chi connectivity index (χ1n) is 6.62. The summed E-state index contributed by atoms with van der Waals surface area (Å²) in [5, 5.41) is 4.40. The second-order valence-electron chi connectivity index (χ2n) is 4.73. The number of hydrogen-bond acceptors (Lipinski definition) is 3. The van der Waals surface area contributed by atoms with Crippen LogP contribution in [0.1, 0.15) is 34.1 Å². The summed E-state index contributed by atoms with van der Waals surface area (Å²) >= 11 is 4.98. The molecule has 5 heteroatoms. The number of rotatable bonds is 5. The van der Waals surface area contributed by atoms with Gasteiger partial charge in [0.25, 0.3) is 0 Å². The number of nitrogens with one attached hydrogen (secondary N) is 1. The van der Waals surface area contributed by atoms with Crippen LogP contribution in [0.15, 0.2) is 22.7 Å². The van der Waals surface area contributed by atoms with E-state index in [0.29, 0.717) is 12.0 Å². The predicted octanol–water partition coefficient (Wildman–Crippen LogP) is 4.55. The summed E-state index contributed by atoms with van der Waals surface area (Å²) in [6.45, 7) is 6.91. The lowest BCUT2D eigenvalue weighted by atomic mass is 10.0. The zero-order chi connectivity index (χ0) is 14.7. The topological polar surface area (TPSA) is 24.9 Å². The van der Waals surface area contributed by atoms with Crippen LogP contribution in [0.3, 0.4) is 0 Å². The molecule has 2 rings (SSSR count). The number of aryl methyl sites for hydroxylation is 2. The van der Waals surface area contributed by atoms with Crippen molar-refractivity contribution in [3.05, 3.63) is 49.6 Å². The van der Waals surface area contributed by atoms with Crippen LogP contribution in [0.25, 0.3) is 0 Å². The molecule has 0 aliphatic rings. The van der Waals surface area contributed by atoms with Crippen LogP contribution in [0, 0.1) is 19.7 Å². The number of nitrogens with zero attached hydrogens (tertiary/aromatic N) is 1. The van der Waals surface area contributed by atoms with Gasteiger partial charge in [0.1, 0.15) is 5.82 Å². The third kappa shape index (κ3) is 3.65. The van der Waals surface area contributed by atoms with Crippen LogP contribution in [0.4, 0.5) is 4.39 Å². The van der Waals surface area contributed by atoms with Crippen molar-refractivity contribution >= 4 is 27.3 Å². The van der Waals surface area contributed by atoms with Gasteiger partial charge in [-0.05, 0) is 32.5 Å². The van der Waals surface area contributed by atoms with E-state index in [1.807, 2.05) is 26.0 Å². The highest BCUT2D eigenvalue weighted by Crippen LogP contribution is 2.26. The quantitative estimate of drug-likeness (QED) is 0.849. The van der Waals surface area contributed by atoms with Gasteiger partial charge < -0.3 is 5.32 Å². The summed E-state index contributed by atoms with van der Waals surface area (Å²) in [6.07, 6.45) is 0.714. The Morgan fingerprint density at radius 3 is 2.70 bits per heavy atom. The van der Waals surface area contributed by atoms with E-state index in [-0.39, 0.29) is 11.9 Å². The molecule has 0 amide bonds. The average Bonchev–Trinajstić information content (AvgIpc) is 2.68. The molecule has 0 bridgehead atoms. The Morgan fingerprint density at radius 1 is 1.40 bits per heavy atom. The fourth-order valence-electron chi connectivity index (χ4n) is 2.12. The number of thiazole rings is 1. The second-order valence-corrected chi connectivity index (χ2v) is 6.93. The van der Waals surface area contributed by atoms with Crippen LogP contribution in [-0.4, -0.2) is 11.5 Å². The van der Waals surface area contributed by atoms with Crippen molar-refractivity contribution < 1.29 is 4.39 Å². The molecule has 0 aliphatic heterocycles. The molecular formula is C15H18BrFN2S. The van der Waals surface area contributed by atoms with E-state index in [1.165, 1.54) is 10.9 Å². The van der Waals surface area contributed by atoms with Gasteiger partial charge in [-0.3, -0.25) is 0 Å². The molecule has 2 aromatic rings. The van der Waals surface area contributed by atoms with Gasteiger partial charge in [-0.25, -0.2) is 9.37 Å². The maximum Gasteiger partial charge on any atom is 0.129 e. The fraction of sp³-hybridized carbons (Fsp3) is 0.400. The van der Waals surface area contributed by atoms with Gasteiger partial charge in [0.2, 0.25) is 0 Å². The summed E-state index contributed by atoms with van der Waals surface area (Å²) in [5.74, 6) is -0.185. The zero-order valence-corrected chi connectivity index (χ0v) is 14.2. The first-order chi connectivity index (χ1) is 9.51. The van der Waals surface area contributed by atoms with Crippen molar-refractivity contribution in [2.75, 3.05) is 6.54 Å². The van der Waals surface area contributed by atoms with E-state index >= 15 is 0 Å². The van der Waals surface area contributed by atoms with Gasteiger partial charge in [-0.2, -0.15) is 0 Å². The Bertz CT molecular complexity index is 578. The van der Waals surface area contributed by atoms with Crippen molar-refractivity contribution in [1.82, 2.24) is 10.3 Å². The second kappa shape index (κ2) is 6.78. The van der Waals surface area contributed by atoms with Crippen LogP contribution in [0.5, 0.6) is 0 Å². The third-order valence-electron chi connectivity index (χ3n) is 3.24. The molecule has 1 aromatic carbocycles. The Hall–Kier alpha value is -0.780. The van der Waals surface area contributed by atoms with E-state index < -0.39 is 0 Å². The summed E-state index contributed by atoms with van der Waals surface area (Å²) in [7, 11) is 0. The third-order valence-corrected chi connectivity index (χ3v) is 4.83. The molecular weight excluding hydrogens is 339 g/mol. The molecule has 1 atom stereocenters. The molecule has 1 N–H and O–H groups in total. The average molecular weight is 357 g/mol. The highest BCUT2D eigenvalue weighted by atomic mass is 79.9. The molecule has 0 saturated carbocycles. The van der Waals surface area contributed by atoms with Crippen molar-refractivity contribution in [2.45, 2.75) is 33.2 Å².